The van der Waals surface area contributed by atoms with Crippen molar-refractivity contribution in [2.24, 2.45) is 11.8 Å². The van der Waals surface area contributed by atoms with Crippen LogP contribution in [0.15, 0.2) is 42.5 Å². The van der Waals surface area contributed by atoms with E-state index in [-0.39, 0.29) is 30.3 Å². The van der Waals surface area contributed by atoms with Gasteiger partial charge < -0.3 is 14.8 Å². The zero-order chi connectivity index (χ0) is 23.6. The monoisotopic (exact) mass is 461 g/mol. The number of carbonyl (C=O) groups excluding carboxylic acids is 3. The van der Waals surface area contributed by atoms with E-state index < -0.39 is 17.4 Å². The Kier molecular flexibility index (Phi) is 4.71. The van der Waals surface area contributed by atoms with Crippen LogP contribution in [-0.4, -0.2) is 60.9 Å². The standard InChI is InChI=1S/C26H27N3O5/c1-33-19-10-9-15(14-20(19)34-2)11-13-28-23(30)21-18-8-5-12-29(18)26(22(21)24(28)31)16-6-3-4-7-17(16)27-25(26)32/h3-4,6-7,9-10,14,18,21-22H,5,8,11-13H2,1-2H3,(H,27,32)/t18-,21+,22+,26-/m1/s1. The van der Waals surface area contributed by atoms with Crippen molar-refractivity contribution in [1.29, 1.82) is 0 Å². The van der Waals surface area contributed by atoms with E-state index in [9.17, 15) is 14.4 Å². The van der Waals surface area contributed by atoms with Crippen LogP contribution in [0.3, 0.4) is 0 Å². The van der Waals surface area contributed by atoms with Gasteiger partial charge in [-0.1, -0.05) is 24.3 Å². The van der Waals surface area contributed by atoms with Crippen LogP contribution in [0.2, 0.25) is 0 Å². The van der Waals surface area contributed by atoms with E-state index in [1.54, 1.807) is 14.2 Å². The molecule has 0 aromatic heterocycles. The van der Waals surface area contributed by atoms with Crippen molar-refractivity contribution in [2.75, 3.05) is 32.6 Å². The molecule has 8 heteroatoms. The third-order valence-corrected chi connectivity index (χ3v) is 8.06. The van der Waals surface area contributed by atoms with Crippen LogP contribution in [0.4, 0.5) is 5.69 Å². The highest BCUT2D eigenvalue weighted by atomic mass is 16.5. The Bertz CT molecular complexity index is 1210. The number of hydrogen-bond acceptors (Lipinski definition) is 6. The number of anilines is 1. The lowest BCUT2D eigenvalue weighted by atomic mass is 9.75. The molecule has 34 heavy (non-hydrogen) atoms. The predicted molar refractivity (Wildman–Crippen MR) is 123 cm³/mol. The van der Waals surface area contributed by atoms with Crippen LogP contribution in [-0.2, 0) is 26.3 Å². The van der Waals surface area contributed by atoms with Gasteiger partial charge in [0.1, 0.15) is 5.54 Å². The van der Waals surface area contributed by atoms with Crippen LogP contribution in [0.25, 0.3) is 0 Å². The summed E-state index contributed by atoms with van der Waals surface area (Å²) in [4.78, 5) is 44.6. The number of nitrogens with zero attached hydrogens (tertiary/aromatic N) is 2. The second-order valence-corrected chi connectivity index (χ2v) is 9.44. The molecule has 6 rings (SSSR count). The van der Waals surface area contributed by atoms with E-state index in [0.717, 1.165) is 29.7 Å². The molecule has 1 N–H and O–H groups in total. The molecule has 0 unspecified atom stereocenters. The van der Waals surface area contributed by atoms with Crippen LogP contribution < -0.4 is 14.8 Å². The number of para-hydroxylation sites is 1. The largest absolute Gasteiger partial charge is 0.493 e. The zero-order valence-electron chi connectivity index (χ0n) is 19.2. The summed E-state index contributed by atoms with van der Waals surface area (Å²) in [7, 11) is 3.16. The van der Waals surface area contributed by atoms with Crippen molar-refractivity contribution in [3.8, 4) is 11.5 Å². The normalized spacial score (nSPS) is 29.4. The molecule has 8 nitrogen and oxygen atoms in total. The van der Waals surface area contributed by atoms with Crippen molar-refractivity contribution in [3.05, 3.63) is 53.6 Å². The average Bonchev–Trinajstić information content (AvgIpc) is 3.56. The summed E-state index contributed by atoms with van der Waals surface area (Å²) in [5.41, 5.74) is 1.40. The molecule has 1 spiro atoms. The number of likely N-dealkylation sites (tertiary alicyclic amines) is 1. The topological polar surface area (TPSA) is 88.2 Å². The van der Waals surface area contributed by atoms with Crippen LogP contribution >= 0.6 is 0 Å². The SMILES string of the molecule is COc1ccc(CCN2C(=O)[C@H]3[C@H]4CCCN4[C@@]4(C(=O)Nc5ccccc54)[C@@H]3C2=O)cc1OC. The van der Waals surface area contributed by atoms with Gasteiger partial charge in [0.2, 0.25) is 17.7 Å². The van der Waals surface area contributed by atoms with Crippen molar-refractivity contribution in [2.45, 2.75) is 30.8 Å². The Morgan fingerprint density at radius 3 is 2.62 bits per heavy atom. The smallest absolute Gasteiger partial charge is 0.250 e. The van der Waals surface area contributed by atoms with E-state index in [1.807, 2.05) is 42.5 Å². The Morgan fingerprint density at radius 1 is 1.03 bits per heavy atom. The molecule has 3 fully saturated rings. The van der Waals surface area contributed by atoms with E-state index >= 15 is 0 Å². The number of rotatable bonds is 5. The van der Waals surface area contributed by atoms with Crippen molar-refractivity contribution in [1.82, 2.24) is 9.80 Å². The van der Waals surface area contributed by atoms with E-state index in [2.05, 4.69) is 10.2 Å². The predicted octanol–water partition coefficient (Wildman–Crippen LogP) is 2.17. The number of hydrogen-bond donors (Lipinski definition) is 1. The molecule has 4 heterocycles. The van der Waals surface area contributed by atoms with E-state index in [4.69, 9.17) is 9.47 Å². The first kappa shape index (κ1) is 21.2. The number of amides is 3. The lowest BCUT2D eigenvalue weighted by molar-refractivity contribution is -0.145. The third-order valence-electron chi connectivity index (χ3n) is 8.06. The fourth-order valence-corrected chi connectivity index (χ4v) is 6.72. The highest BCUT2D eigenvalue weighted by Gasteiger charge is 2.74. The summed E-state index contributed by atoms with van der Waals surface area (Å²) in [5.74, 6) is -0.523. The Labute approximate surface area is 197 Å². The first-order valence-corrected chi connectivity index (χ1v) is 11.8. The van der Waals surface area contributed by atoms with Crippen molar-refractivity contribution in [3.63, 3.8) is 0 Å². The van der Waals surface area contributed by atoms with Gasteiger partial charge in [-0.3, -0.25) is 24.2 Å². The molecular weight excluding hydrogens is 434 g/mol. The summed E-state index contributed by atoms with van der Waals surface area (Å²) < 4.78 is 10.7. The molecule has 4 atom stereocenters. The quantitative estimate of drug-likeness (QED) is 0.687. The van der Waals surface area contributed by atoms with Gasteiger partial charge >= 0.3 is 0 Å². The molecule has 0 bridgehead atoms. The number of carbonyl (C=O) groups is 3. The Hall–Kier alpha value is -3.39. The molecule has 0 saturated carbocycles. The summed E-state index contributed by atoms with van der Waals surface area (Å²) in [5, 5.41) is 3.00. The van der Waals surface area contributed by atoms with Gasteiger partial charge in [0.25, 0.3) is 0 Å². The molecule has 176 valence electrons. The molecule has 2 aromatic carbocycles. The van der Waals surface area contributed by atoms with Gasteiger partial charge in [-0.25, -0.2) is 0 Å². The number of ether oxygens (including phenoxy) is 2. The number of methoxy groups -OCH3 is 2. The first-order chi connectivity index (χ1) is 16.5. The molecule has 0 radical (unpaired) electrons. The van der Waals surface area contributed by atoms with Gasteiger partial charge in [0.15, 0.2) is 11.5 Å². The van der Waals surface area contributed by atoms with Crippen molar-refractivity contribution < 1.29 is 23.9 Å². The van der Waals surface area contributed by atoms with E-state index in [0.29, 0.717) is 24.5 Å². The summed E-state index contributed by atoms with van der Waals surface area (Å²) in [6, 6.07) is 13.1. The van der Waals surface area contributed by atoms with Crippen molar-refractivity contribution >= 4 is 23.4 Å². The van der Waals surface area contributed by atoms with Gasteiger partial charge in [-0.05, 0) is 49.6 Å². The average molecular weight is 462 g/mol. The zero-order valence-corrected chi connectivity index (χ0v) is 19.2. The maximum atomic E-state index is 13.8. The summed E-state index contributed by atoms with van der Waals surface area (Å²) in [6.07, 6.45) is 2.24. The second-order valence-electron chi connectivity index (χ2n) is 9.44. The highest BCUT2D eigenvalue weighted by Crippen LogP contribution is 2.60. The minimum Gasteiger partial charge on any atom is -0.493 e. The van der Waals surface area contributed by atoms with Gasteiger partial charge in [0, 0.05) is 23.8 Å². The van der Waals surface area contributed by atoms with E-state index in [1.165, 1.54) is 4.90 Å². The highest BCUT2D eigenvalue weighted by molar-refractivity contribution is 6.15. The molecule has 2 aromatic rings. The van der Waals surface area contributed by atoms with Crippen LogP contribution in [0.1, 0.15) is 24.0 Å². The lowest BCUT2D eigenvalue weighted by Crippen LogP contribution is -2.54. The molecule has 0 aliphatic carbocycles. The molecule has 3 saturated heterocycles. The number of nitrogens with one attached hydrogen (secondary N) is 1. The fourth-order valence-electron chi connectivity index (χ4n) is 6.72. The number of imide groups is 1. The third kappa shape index (κ3) is 2.60. The fraction of sp³-hybridized carbons (Fsp3) is 0.423. The van der Waals surface area contributed by atoms with Crippen LogP contribution in [0, 0.1) is 11.8 Å². The van der Waals surface area contributed by atoms with Gasteiger partial charge in [-0.15, -0.1) is 0 Å². The Morgan fingerprint density at radius 2 is 1.82 bits per heavy atom. The van der Waals surface area contributed by atoms with Crippen LogP contribution in [0.5, 0.6) is 11.5 Å². The minimum atomic E-state index is -1.10. The molecule has 4 aliphatic rings. The number of benzene rings is 2. The first-order valence-electron chi connectivity index (χ1n) is 11.8. The molecular formula is C26H27N3O5. The number of fused-ring (bicyclic) bond motifs is 7. The molecule has 4 aliphatic heterocycles. The second kappa shape index (κ2) is 7.56. The van der Waals surface area contributed by atoms with Gasteiger partial charge in [-0.2, -0.15) is 0 Å². The Balaban J connectivity index is 1.34. The molecule has 3 amide bonds. The maximum absolute atomic E-state index is 13.8. The maximum Gasteiger partial charge on any atom is 0.250 e. The van der Waals surface area contributed by atoms with Gasteiger partial charge in [0.05, 0.1) is 26.1 Å². The summed E-state index contributed by atoms with van der Waals surface area (Å²) in [6.45, 7) is 0.984. The lowest BCUT2D eigenvalue weighted by Gasteiger charge is -2.36. The minimum absolute atomic E-state index is 0.0931. The summed E-state index contributed by atoms with van der Waals surface area (Å²) >= 11 is 0.